The topological polar surface area (TPSA) is 49.4 Å². The van der Waals surface area contributed by atoms with Crippen LogP contribution >= 0.6 is 0 Å². The van der Waals surface area contributed by atoms with E-state index in [1.807, 2.05) is 6.92 Å². The van der Waals surface area contributed by atoms with E-state index < -0.39 is 0 Å². The zero-order valence-corrected chi connectivity index (χ0v) is 6.59. The predicted octanol–water partition coefficient (Wildman–Crippen LogP) is -0.298. The molecule has 1 rings (SSSR count). The summed E-state index contributed by atoms with van der Waals surface area (Å²) >= 11 is 0. The van der Waals surface area contributed by atoms with Gasteiger partial charge in [0.05, 0.1) is 6.67 Å². The predicted molar refractivity (Wildman–Crippen MR) is 39.6 cm³/mol. The lowest BCUT2D eigenvalue weighted by Gasteiger charge is -2.11. The Kier molecular flexibility index (Phi) is 2.46. The van der Waals surface area contributed by atoms with Gasteiger partial charge in [-0.3, -0.25) is 9.59 Å². The summed E-state index contributed by atoms with van der Waals surface area (Å²) in [5.41, 5.74) is 0. The van der Waals surface area contributed by atoms with E-state index in [9.17, 15) is 9.59 Å². The first kappa shape index (κ1) is 8.04. The maximum absolute atomic E-state index is 11.1. The maximum Gasteiger partial charge on any atom is 0.241 e. The third-order valence-electron chi connectivity index (χ3n) is 1.62. The summed E-state index contributed by atoms with van der Waals surface area (Å²) in [5, 5.41) is 2.58. The van der Waals surface area contributed by atoms with E-state index in [4.69, 9.17) is 0 Å². The molecule has 0 aromatic rings. The normalized spacial score (nSPS) is 16.8. The number of carbonyl (C=O) groups is 2. The fourth-order valence-corrected chi connectivity index (χ4v) is 1.02. The minimum Gasteiger partial charge on any atom is -0.337 e. The van der Waals surface area contributed by atoms with Gasteiger partial charge < -0.3 is 10.2 Å². The number of carbonyl (C=O) groups excluding carboxylic acids is 2. The Morgan fingerprint density at radius 3 is 2.91 bits per heavy atom. The number of rotatable bonds is 2. The summed E-state index contributed by atoms with van der Waals surface area (Å²) in [6.07, 6.45) is 1.37. The second-order valence-electron chi connectivity index (χ2n) is 2.60. The van der Waals surface area contributed by atoms with Crippen LogP contribution in [0.2, 0.25) is 0 Å². The molecule has 2 amide bonds. The molecule has 1 N–H and O–H groups in total. The number of nitrogens with one attached hydrogen (secondary N) is 1. The van der Waals surface area contributed by atoms with Crippen LogP contribution in [0.4, 0.5) is 0 Å². The lowest BCUT2D eigenvalue weighted by molar-refractivity contribution is -0.131. The van der Waals surface area contributed by atoms with Gasteiger partial charge in [0.25, 0.3) is 0 Å². The fourth-order valence-electron chi connectivity index (χ4n) is 1.02. The highest BCUT2D eigenvalue weighted by Crippen LogP contribution is 1.99. The quantitative estimate of drug-likeness (QED) is 0.597. The summed E-state index contributed by atoms with van der Waals surface area (Å²) in [7, 11) is 0. The van der Waals surface area contributed by atoms with Crippen molar-refractivity contribution in [2.75, 3.05) is 13.2 Å². The van der Waals surface area contributed by atoms with E-state index in [1.54, 1.807) is 0 Å². The van der Waals surface area contributed by atoms with Crippen LogP contribution in [0.3, 0.4) is 0 Å². The Bertz CT molecular complexity index is 179. The Hall–Kier alpha value is -1.06. The number of hydrogen-bond donors (Lipinski definition) is 1. The van der Waals surface area contributed by atoms with Crippen molar-refractivity contribution in [3.8, 4) is 0 Å². The molecule has 0 aliphatic carbocycles. The van der Waals surface area contributed by atoms with Crippen LogP contribution in [0.15, 0.2) is 0 Å². The lowest BCUT2D eigenvalue weighted by atomic mass is 10.3. The van der Waals surface area contributed by atoms with E-state index in [1.165, 1.54) is 4.90 Å². The van der Waals surface area contributed by atoms with Gasteiger partial charge in [0.1, 0.15) is 6.54 Å². The average Bonchev–Trinajstić information content (AvgIpc) is 2.36. The maximum atomic E-state index is 11.1. The van der Waals surface area contributed by atoms with Gasteiger partial charge in [-0.05, 0) is 6.42 Å². The van der Waals surface area contributed by atoms with Crippen molar-refractivity contribution in [2.24, 2.45) is 0 Å². The zero-order valence-electron chi connectivity index (χ0n) is 6.59. The number of hydrogen-bond acceptors (Lipinski definition) is 2. The van der Waals surface area contributed by atoms with Crippen LogP contribution in [-0.2, 0) is 9.59 Å². The first-order chi connectivity index (χ1) is 5.24. The molecule has 1 heterocycles. The highest BCUT2D eigenvalue weighted by molar-refractivity contribution is 5.87. The van der Waals surface area contributed by atoms with Crippen molar-refractivity contribution in [2.45, 2.75) is 19.8 Å². The second-order valence-corrected chi connectivity index (χ2v) is 2.60. The van der Waals surface area contributed by atoms with Crippen molar-refractivity contribution in [3.63, 3.8) is 0 Å². The van der Waals surface area contributed by atoms with Crippen molar-refractivity contribution >= 4 is 11.8 Å². The highest BCUT2D eigenvalue weighted by Gasteiger charge is 2.21. The van der Waals surface area contributed by atoms with E-state index in [0.29, 0.717) is 13.1 Å². The van der Waals surface area contributed by atoms with Gasteiger partial charge in [-0.2, -0.15) is 0 Å². The number of amides is 2. The first-order valence-electron chi connectivity index (χ1n) is 3.78. The van der Waals surface area contributed by atoms with Crippen LogP contribution in [0, 0.1) is 0 Å². The molecule has 11 heavy (non-hydrogen) atoms. The van der Waals surface area contributed by atoms with Crippen molar-refractivity contribution < 1.29 is 9.59 Å². The highest BCUT2D eigenvalue weighted by atomic mass is 16.2. The monoisotopic (exact) mass is 156 g/mol. The average molecular weight is 156 g/mol. The Labute approximate surface area is 65.6 Å². The van der Waals surface area contributed by atoms with Gasteiger partial charge >= 0.3 is 0 Å². The van der Waals surface area contributed by atoms with Gasteiger partial charge in [-0.25, -0.2) is 0 Å². The molecule has 0 unspecified atom stereocenters. The first-order valence-corrected chi connectivity index (χ1v) is 3.78. The summed E-state index contributed by atoms with van der Waals surface area (Å²) in [6, 6.07) is 0. The minimum absolute atomic E-state index is 0.0607. The largest absolute Gasteiger partial charge is 0.337 e. The Balaban J connectivity index is 2.37. The molecule has 62 valence electrons. The third-order valence-corrected chi connectivity index (χ3v) is 1.62. The molecule has 0 bridgehead atoms. The van der Waals surface area contributed by atoms with Crippen LogP contribution in [0.25, 0.3) is 0 Å². The molecule has 0 atom stereocenters. The molecule has 1 aliphatic heterocycles. The molecule has 4 heteroatoms. The molecule has 0 radical (unpaired) electrons. The Morgan fingerprint density at radius 1 is 1.73 bits per heavy atom. The summed E-state index contributed by atoms with van der Waals surface area (Å²) in [6.45, 7) is 2.57. The summed E-state index contributed by atoms with van der Waals surface area (Å²) in [4.78, 5) is 23.3. The molecule has 4 nitrogen and oxygen atoms in total. The summed E-state index contributed by atoms with van der Waals surface area (Å²) in [5.74, 6) is 0.000281. The molecular formula is C7H12N2O2. The van der Waals surface area contributed by atoms with Crippen molar-refractivity contribution in [3.05, 3.63) is 0 Å². The SMILES string of the molecule is CCCC(=O)N1CNC(=O)C1. The smallest absolute Gasteiger partial charge is 0.241 e. The third kappa shape index (κ3) is 1.93. The van der Waals surface area contributed by atoms with Gasteiger partial charge in [0, 0.05) is 6.42 Å². The fraction of sp³-hybridized carbons (Fsp3) is 0.714. The minimum atomic E-state index is -0.0607. The van der Waals surface area contributed by atoms with E-state index in [0.717, 1.165) is 6.42 Å². The molecule has 0 saturated carbocycles. The molecule has 1 fully saturated rings. The Morgan fingerprint density at radius 2 is 2.45 bits per heavy atom. The molecule has 1 aliphatic rings. The molecule has 0 spiro atoms. The van der Waals surface area contributed by atoms with E-state index >= 15 is 0 Å². The van der Waals surface area contributed by atoms with Crippen molar-refractivity contribution in [1.29, 1.82) is 0 Å². The van der Waals surface area contributed by atoms with E-state index in [2.05, 4.69) is 5.32 Å². The van der Waals surface area contributed by atoms with Crippen LogP contribution < -0.4 is 5.32 Å². The standard InChI is InChI=1S/C7H12N2O2/c1-2-3-7(11)9-4-6(10)8-5-9/h2-5H2,1H3,(H,8,10). The molecule has 0 aromatic carbocycles. The summed E-state index contributed by atoms with van der Waals surface area (Å²) < 4.78 is 0. The molecule has 1 saturated heterocycles. The van der Waals surface area contributed by atoms with Crippen LogP contribution in [-0.4, -0.2) is 29.9 Å². The van der Waals surface area contributed by atoms with Gasteiger partial charge in [-0.1, -0.05) is 6.92 Å². The van der Waals surface area contributed by atoms with Crippen LogP contribution in [0.1, 0.15) is 19.8 Å². The number of nitrogens with zero attached hydrogens (tertiary/aromatic N) is 1. The van der Waals surface area contributed by atoms with E-state index in [-0.39, 0.29) is 18.4 Å². The second kappa shape index (κ2) is 3.37. The lowest BCUT2D eigenvalue weighted by Crippen LogP contribution is -2.29. The zero-order chi connectivity index (χ0) is 8.27. The van der Waals surface area contributed by atoms with Crippen molar-refractivity contribution in [1.82, 2.24) is 10.2 Å². The van der Waals surface area contributed by atoms with Gasteiger partial charge in [0.15, 0.2) is 0 Å². The molecule has 0 aromatic heterocycles. The van der Waals surface area contributed by atoms with Gasteiger partial charge in [0.2, 0.25) is 11.8 Å². The van der Waals surface area contributed by atoms with Crippen LogP contribution in [0.5, 0.6) is 0 Å². The molecular weight excluding hydrogens is 144 g/mol. The van der Waals surface area contributed by atoms with Gasteiger partial charge in [-0.15, -0.1) is 0 Å².